The van der Waals surface area contributed by atoms with Crippen molar-refractivity contribution in [2.75, 3.05) is 23.9 Å². The van der Waals surface area contributed by atoms with Crippen LogP contribution in [0.5, 0.6) is 0 Å². The molecule has 2 heterocycles. The molecule has 5 heteroatoms. The first-order valence-electron chi connectivity index (χ1n) is 13.4. The van der Waals surface area contributed by atoms with Crippen molar-refractivity contribution in [1.82, 2.24) is 0 Å². The Balaban J connectivity index is 1.39. The minimum atomic E-state index is -1.26. The van der Waals surface area contributed by atoms with Crippen LogP contribution in [0.1, 0.15) is 38.8 Å². The predicted molar refractivity (Wildman–Crippen MR) is 153 cm³/mol. The van der Waals surface area contributed by atoms with E-state index in [2.05, 4.69) is 80.0 Å². The van der Waals surface area contributed by atoms with Crippen molar-refractivity contribution in [3.63, 3.8) is 0 Å². The third-order valence-corrected chi connectivity index (χ3v) is 9.27. The van der Waals surface area contributed by atoms with Crippen LogP contribution >= 0.6 is 0 Å². The summed E-state index contributed by atoms with van der Waals surface area (Å²) in [6, 6.07) is 20.9. The molecule has 38 heavy (non-hydrogen) atoms. The van der Waals surface area contributed by atoms with Gasteiger partial charge < -0.3 is 20.0 Å². The second kappa shape index (κ2) is 8.29. The standard InChI is InChI=1S/C33H36N2O3/c1-32(2)23-13-9-10-14-24(23)34(5)26(32)17-21-29(36)22(31(38)30(21)37)18-27-33(3,4)28-20-12-8-7-11-19(20)15-16-25(28)35(27)6/h7-18,21-22,29,31,36,38H,1-6H3/b26-17-,27-18-. The van der Waals surface area contributed by atoms with Crippen LogP contribution in [-0.2, 0) is 15.6 Å². The molecule has 1 fully saturated rings. The summed E-state index contributed by atoms with van der Waals surface area (Å²) in [5, 5.41) is 25.0. The highest BCUT2D eigenvalue weighted by molar-refractivity contribution is 5.95. The number of fused-ring (bicyclic) bond motifs is 4. The maximum Gasteiger partial charge on any atom is 0.171 e. The normalized spacial score (nSPS) is 29.5. The summed E-state index contributed by atoms with van der Waals surface area (Å²) in [5.41, 5.74) is 5.90. The number of likely N-dealkylation sites (N-methyl/N-ethyl adjacent to an activating group) is 2. The fraction of sp³-hybridized carbons (Fsp3) is 0.364. The topological polar surface area (TPSA) is 64.0 Å². The molecule has 6 rings (SSSR count). The summed E-state index contributed by atoms with van der Waals surface area (Å²) in [4.78, 5) is 17.6. The van der Waals surface area contributed by atoms with Gasteiger partial charge in [-0.3, -0.25) is 4.79 Å². The van der Waals surface area contributed by atoms with E-state index < -0.39 is 24.0 Å². The maximum absolute atomic E-state index is 13.4. The minimum absolute atomic E-state index is 0.316. The minimum Gasteiger partial charge on any atom is -0.391 e. The quantitative estimate of drug-likeness (QED) is 0.492. The number of hydrogen-bond acceptors (Lipinski definition) is 5. The number of hydrogen-bond donors (Lipinski definition) is 2. The Kier molecular flexibility index (Phi) is 5.43. The van der Waals surface area contributed by atoms with Crippen LogP contribution in [0.2, 0.25) is 0 Å². The largest absolute Gasteiger partial charge is 0.391 e. The van der Waals surface area contributed by atoms with E-state index in [-0.39, 0.29) is 16.6 Å². The Labute approximate surface area is 224 Å². The Morgan fingerprint density at radius 3 is 2.13 bits per heavy atom. The van der Waals surface area contributed by atoms with Crippen LogP contribution in [0, 0.1) is 11.8 Å². The number of para-hydroxylation sites is 1. The molecule has 3 aromatic rings. The SMILES string of the molecule is CN1/C(=C\C2C(=O)C(O)C(/C=C3\N(C)c4ccc5ccccc5c4C3(C)C)C2O)C(C)(C)c2ccccc21. The van der Waals surface area contributed by atoms with Crippen molar-refractivity contribution >= 4 is 27.9 Å². The first kappa shape index (κ1) is 24.9. The van der Waals surface area contributed by atoms with Crippen molar-refractivity contribution in [1.29, 1.82) is 0 Å². The second-order valence-electron chi connectivity index (χ2n) is 12.1. The summed E-state index contributed by atoms with van der Waals surface area (Å²) in [7, 11) is 4.02. The van der Waals surface area contributed by atoms with Gasteiger partial charge in [0, 0.05) is 53.6 Å². The molecule has 1 saturated carbocycles. The third kappa shape index (κ3) is 3.28. The lowest BCUT2D eigenvalue weighted by Gasteiger charge is -2.28. The zero-order valence-corrected chi connectivity index (χ0v) is 22.9. The van der Waals surface area contributed by atoms with Crippen LogP contribution in [0.3, 0.4) is 0 Å². The number of carbonyl (C=O) groups excluding carboxylic acids is 1. The molecular weight excluding hydrogens is 472 g/mol. The van der Waals surface area contributed by atoms with Gasteiger partial charge in [-0.2, -0.15) is 0 Å². The fourth-order valence-corrected chi connectivity index (χ4v) is 7.20. The number of benzene rings is 3. The summed E-state index contributed by atoms with van der Waals surface area (Å²) >= 11 is 0. The van der Waals surface area contributed by atoms with Gasteiger partial charge in [-0.05, 0) is 34.0 Å². The Bertz CT molecular complexity index is 1530. The Hall–Kier alpha value is -3.41. The lowest BCUT2D eigenvalue weighted by atomic mass is 9.79. The van der Waals surface area contributed by atoms with Gasteiger partial charge in [-0.15, -0.1) is 0 Å². The smallest absolute Gasteiger partial charge is 0.171 e. The molecular formula is C33H36N2O3. The number of ketones is 1. The van der Waals surface area contributed by atoms with Gasteiger partial charge in [0.2, 0.25) is 0 Å². The molecule has 0 bridgehead atoms. The highest BCUT2D eigenvalue weighted by atomic mass is 16.3. The third-order valence-electron chi connectivity index (χ3n) is 9.27. The van der Waals surface area contributed by atoms with E-state index in [1.807, 2.05) is 44.4 Å². The van der Waals surface area contributed by atoms with E-state index in [1.54, 1.807) is 0 Å². The average Bonchev–Trinajstić information content (AvgIpc) is 3.31. The van der Waals surface area contributed by atoms with Crippen LogP contribution in [0.15, 0.2) is 84.2 Å². The van der Waals surface area contributed by atoms with Gasteiger partial charge in [0.1, 0.15) is 6.10 Å². The number of Topliss-reactive ketones (excluding diaryl/α,β-unsaturated/α-hetero) is 1. The molecule has 2 aliphatic heterocycles. The molecule has 1 aliphatic carbocycles. The number of aliphatic hydroxyl groups excluding tert-OH is 2. The monoisotopic (exact) mass is 508 g/mol. The molecule has 0 saturated heterocycles. The maximum atomic E-state index is 13.4. The zero-order chi connectivity index (χ0) is 27.1. The predicted octanol–water partition coefficient (Wildman–Crippen LogP) is 5.30. The number of allylic oxidation sites excluding steroid dienone is 2. The molecule has 0 aromatic heterocycles. The summed E-state index contributed by atoms with van der Waals surface area (Å²) in [6.45, 7) is 8.63. The van der Waals surface area contributed by atoms with Crippen molar-refractivity contribution in [2.24, 2.45) is 11.8 Å². The van der Waals surface area contributed by atoms with Gasteiger partial charge in [0.05, 0.1) is 12.0 Å². The highest BCUT2D eigenvalue weighted by Crippen LogP contribution is 2.52. The van der Waals surface area contributed by atoms with E-state index in [0.717, 1.165) is 22.8 Å². The highest BCUT2D eigenvalue weighted by Gasteiger charge is 2.50. The number of aliphatic hydroxyl groups is 2. The van der Waals surface area contributed by atoms with Crippen LogP contribution in [-0.4, -0.2) is 42.3 Å². The van der Waals surface area contributed by atoms with Gasteiger partial charge in [0.25, 0.3) is 0 Å². The van der Waals surface area contributed by atoms with Gasteiger partial charge in [-0.25, -0.2) is 0 Å². The molecule has 0 spiro atoms. The van der Waals surface area contributed by atoms with Gasteiger partial charge in [0.15, 0.2) is 5.78 Å². The van der Waals surface area contributed by atoms with E-state index in [0.29, 0.717) is 0 Å². The average molecular weight is 509 g/mol. The molecule has 4 atom stereocenters. The molecule has 5 nitrogen and oxygen atoms in total. The molecule has 0 amide bonds. The zero-order valence-electron chi connectivity index (χ0n) is 22.9. The number of anilines is 2. The number of carbonyl (C=O) groups is 1. The van der Waals surface area contributed by atoms with Gasteiger partial charge >= 0.3 is 0 Å². The van der Waals surface area contributed by atoms with Gasteiger partial charge in [-0.1, -0.05) is 88.4 Å². The Morgan fingerprint density at radius 1 is 0.763 bits per heavy atom. The fourth-order valence-electron chi connectivity index (χ4n) is 7.20. The lowest BCUT2D eigenvalue weighted by Crippen LogP contribution is -2.29. The number of nitrogens with zero attached hydrogens (tertiary/aromatic N) is 2. The summed E-state index contributed by atoms with van der Waals surface area (Å²) < 4.78 is 0. The first-order valence-corrected chi connectivity index (χ1v) is 13.4. The van der Waals surface area contributed by atoms with Crippen molar-refractivity contribution in [3.8, 4) is 0 Å². The molecule has 196 valence electrons. The van der Waals surface area contributed by atoms with E-state index in [4.69, 9.17) is 0 Å². The van der Waals surface area contributed by atoms with Crippen molar-refractivity contribution < 1.29 is 15.0 Å². The van der Waals surface area contributed by atoms with Crippen LogP contribution in [0.25, 0.3) is 10.8 Å². The molecule has 3 aromatic carbocycles. The van der Waals surface area contributed by atoms with Crippen LogP contribution in [0.4, 0.5) is 11.4 Å². The van der Waals surface area contributed by atoms with Crippen LogP contribution < -0.4 is 9.80 Å². The van der Waals surface area contributed by atoms with E-state index in [1.165, 1.54) is 21.9 Å². The molecule has 2 N–H and O–H groups in total. The lowest BCUT2D eigenvalue weighted by molar-refractivity contribution is -0.127. The van der Waals surface area contributed by atoms with E-state index in [9.17, 15) is 15.0 Å². The van der Waals surface area contributed by atoms with Crippen molar-refractivity contribution in [2.45, 2.75) is 50.7 Å². The summed E-state index contributed by atoms with van der Waals surface area (Å²) in [6.07, 6.45) is 1.55. The Morgan fingerprint density at radius 2 is 1.39 bits per heavy atom. The van der Waals surface area contributed by atoms with Crippen molar-refractivity contribution in [3.05, 3.63) is 95.3 Å². The van der Waals surface area contributed by atoms with E-state index >= 15 is 0 Å². The second-order valence-corrected chi connectivity index (χ2v) is 12.1. The summed E-state index contributed by atoms with van der Waals surface area (Å²) in [5.74, 6) is -1.80. The molecule has 0 radical (unpaired) electrons. The first-order chi connectivity index (χ1) is 18.0. The molecule has 4 unspecified atom stereocenters. The molecule has 3 aliphatic rings. The number of rotatable bonds is 2.